The van der Waals surface area contributed by atoms with Gasteiger partial charge in [0, 0.05) is 19.1 Å². The minimum atomic E-state index is -0.572. The van der Waals surface area contributed by atoms with Crippen molar-refractivity contribution in [3.8, 4) is 23.6 Å². The molecule has 0 saturated heterocycles. The summed E-state index contributed by atoms with van der Waals surface area (Å²) in [6.45, 7) is 6.44. The molecule has 0 amide bonds. The van der Waals surface area contributed by atoms with Crippen LogP contribution in [-0.4, -0.2) is 33.7 Å². The molecule has 0 N–H and O–H groups in total. The minimum absolute atomic E-state index is 0.0706. The lowest BCUT2D eigenvalue weighted by atomic mass is 9.88. The van der Waals surface area contributed by atoms with E-state index in [-0.39, 0.29) is 11.5 Å². The zero-order chi connectivity index (χ0) is 19.5. The van der Waals surface area contributed by atoms with E-state index in [1.54, 1.807) is 21.1 Å². The summed E-state index contributed by atoms with van der Waals surface area (Å²) in [7, 11) is 3.20. The molecule has 1 rings (SSSR count). The standard InChI is InChI=1S/C20H26N2O4/c1-6-25-20(26-7-2)18(14(3)16(12-21)13-22)11-15-10-17(23-4)8-9-19(15)24-5/h8-10,18,20H,6-7,11H2,1-5H3. The second-order valence-electron chi connectivity index (χ2n) is 5.55. The van der Waals surface area contributed by atoms with E-state index in [1.165, 1.54) is 0 Å². The Balaban J connectivity index is 3.40. The predicted molar refractivity (Wildman–Crippen MR) is 97.7 cm³/mol. The monoisotopic (exact) mass is 358 g/mol. The maximum atomic E-state index is 9.28. The highest BCUT2D eigenvalue weighted by atomic mass is 16.7. The number of nitrogens with zero attached hydrogens (tertiary/aromatic N) is 2. The van der Waals surface area contributed by atoms with Crippen molar-refractivity contribution in [3.63, 3.8) is 0 Å². The van der Waals surface area contributed by atoms with Crippen LogP contribution in [0.25, 0.3) is 0 Å². The van der Waals surface area contributed by atoms with Crippen molar-refractivity contribution in [2.24, 2.45) is 5.92 Å². The summed E-state index contributed by atoms with van der Waals surface area (Å²) in [5.41, 5.74) is 1.59. The average Bonchev–Trinajstić information content (AvgIpc) is 2.66. The van der Waals surface area contributed by atoms with Crippen LogP contribution in [0.1, 0.15) is 26.3 Å². The molecule has 0 fully saturated rings. The highest BCUT2D eigenvalue weighted by Gasteiger charge is 2.28. The zero-order valence-corrected chi connectivity index (χ0v) is 16.0. The molecule has 0 aliphatic carbocycles. The molecule has 0 aliphatic rings. The highest BCUT2D eigenvalue weighted by Crippen LogP contribution is 2.32. The smallest absolute Gasteiger partial charge is 0.164 e. The van der Waals surface area contributed by atoms with E-state index in [9.17, 15) is 10.5 Å². The van der Waals surface area contributed by atoms with E-state index < -0.39 is 6.29 Å². The molecule has 0 heterocycles. The summed E-state index contributed by atoms with van der Waals surface area (Å²) in [5.74, 6) is 1.09. The maximum Gasteiger partial charge on any atom is 0.164 e. The van der Waals surface area contributed by atoms with Gasteiger partial charge in [-0.1, -0.05) is 0 Å². The minimum Gasteiger partial charge on any atom is -0.497 e. The zero-order valence-electron chi connectivity index (χ0n) is 16.0. The highest BCUT2D eigenvalue weighted by molar-refractivity contribution is 5.44. The number of rotatable bonds is 10. The van der Waals surface area contributed by atoms with Crippen LogP contribution in [0.2, 0.25) is 0 Å². The van der Waals surface area contributed by atoms with Crippen molar-refractivity contribution in [3.05, 3.63) is 34.9 Å². The second kappa shape index (κ2) is 11.1. The van der Waals surface area contributed by atoms with Gasteiger partial charge < -0.3 is 18.9 Å². The van der Waals surface area contributed by atoms with Crippen LogP contribution in [0.15, 0.2) is 29.3 Å². The number of hydrogen-bond acceptors (Lipinski definition) is 6. The lowest BCUT2D eigenvalue weighted by Crippen LogP contribution is -2.30. The molecule has 0 bridgehead atoms. The molecule has 1 aromatic rings. The van der Waals surface area contributed by atoms with Gasteiger partial charge in [0.2, 0.25) is 0 Å². The van der Waals surface area contributed by atoms with Crippen LogP contribution in [0.5, 0.6) is 11.5 Å². The van der Waals surface area contributed by atoms with Crippen LogP contribution >= 0.6 is 0 Å². The number of hydrogen-bond donors (Lipinski definition) is 0. The Morgan fingerprint density at radius 1 is 1.04 bits per heavy atom. The molecule has 0 aromatic heterocycles. The third kappa shape index (κ3) is 5.49. The number of benzene rings is 1. The Kier molecular flexibility index (Phi) is 9.22. The van der Waals surface area contributed by atoms with Crippen molar-refractivity contribution < 1.29 is 18.9 Å². The molecule has 0 spiro atoms. The van der Waals surface area contributed by atoms with Gasteiger partial charge in [-0.25, -0.2) is 0 Å². The van der Waals surface area contributed by atoms with Gasteiger partial charge in [-0.15, -0.1) is 0 Å². The van der Waals surface area contributed by atoms with Crippen LogP contribution in [0, 0.1) is 28.6 Å². The van der Waals surface area contributed by atoms with Crippen LogP contribution in [0.4, 0.5) is 0 Å². The Bertz CT molecular complexity index is 679. The lowest BCUT2D eigenvalue weighted by Gasteiger charge is -2.28. The third-order valence-electron chi connectivity index (χ3n) is 4.09. The summed E-state index contributed by atoms with van der Waals surface area (Å²) < 4.78 is 22.3. The number of allylic oxidation sites excluding steroid dienone is 1. The quantitative estimate of drug-likeness (QED) is 0.469. The molecule has 6 nitrogen and oxygen atoms in total. The first-order chi connectivity index (χ1) is 12.6. The Morgan fingerprint density at radius 3 is 2.12 bits per heavy atom. The topological polar surface area (TPSA) is 84.5 Å². The molecule has 0 aliphatic heterocycles. The molecular weight excluding hydrogens is 332 g/mol. The molecule has 26 heavy (non-hydrogen) atoms. The van der Waals surface area contributed by atoms with Crippen LogP contribution in [-0.2, 0) is 15.9 Å². The fourth-order valence-corrected chi connectivity index (χ4v) is 2.73. The van der Waals surface area contributed by atoms with Gasteiger partial charge in [0.1, 0.15) is 29.2 Å². The lowest BCUT2D eigenvalue weighted by molar-refractivity contribution is -0.159. The number of ether oxygens (including phenoxy) is 4. The number of nitriles is 2. The predicted octanol–water partition coefficient (Wildman–Crippen LogP) is 3.63. The second-order valence-corrected chi connectivity index (χ2v) is 5.55. The first-order valence-electron chi connectivity index (χ1n) is 8.51. The van der Waals surface area contributed by atoms with Crippen LogP contribution in [0.3, 0.4) is 0 Å². The van der Waals surface area contributed by atoms with Gasteiger partial charge in [-0.3, -0.25) is 0 Å². The Morgan fingerprint density at radius 2 is 1.65 bits per heavy atom. The van der Waals surface area contributed by atoms with Crippen LogP contribution < -0.4 is 9.47 Å². The van der Waals surface area contributed by atoms with Crippen molar-refractivity contribution in [1.82, 2.24) is 0 Å². The van der Waals surface area contributed by atoms with Crippen molar-refractivity contribution >= 4 is 0 Å². The fraction of sp³-hybridized carbons (Fsp3) is 0.500. The van der Waals surface area contributed by atoms with E-state index in [0.29, 0.717) is 36.7 Å². The van der Waals surface area contributed by atoms with E-state index in [0.717, 1.165) is 5.56 Å². The van der Waals surface area contributed by atoms with Gasteiger partial charge in [0.25, 0.3) is 0 Å². The van der Waals surface area contributed by atoms with E-state index in [1.807, 2.05) is 44.2 Å². The normalized spacial score (nSPS) is 11.4. The largest absolute Gasteiger partial charge is 0.497 e. The van der Waals surface area contributed by atoms with Gasteiger partial charge >= 0.3 is 0 Å². The molecule has 1 unspecified atom stereocenters. The first-order valence-corrected chi connectivity index (χ1v) is 8.51. The fourth-order valence-electron chi connectivity index (χ4n) is 2.73. The van der Waals surface area contributed by atoms with Crippen molar-refractivity contribution in [2.45, 2.75) is 33.5 Å². The number of methoxy groups -OCH3 is 2. The summed E-state index contributed by atoms with van der Waals surface area (Å²) >= 11 is 0. The van der Waals surface area contributed by atoms with E-state index >= 15 is 0 Å². The summed E-state index contributed by atoms with van der Waals surface area (Å²) in [6, 6.07) is 9.45. The van der Waals surface area contributed by atoms with Crippen molar-refractivity contribution in [1.29, 1.82) is 10.5 Å². The van der Waals surface area contributed by atoms with Gasteiger partial charge in [-0.2, -0.15) is 10.5 Å². The molecule has 0 radical (unpaired) electrons. The summed E-state index contributed by atoms with van der Waals surface area (Å²) in [5, 5.41) is 18.6. The molecule has 0 saturated carbocycles. The molecule has 6 heteroatoms. The third-order valence-corrected chi connectivity index (χ3v) is 4.09. The molecule has 1 atom stereocenters. The van der Waals surface area contributed by atoms with E-state index in [4.69, 9.17) is 18.9 Å². The Labute approximate surface area is 155 Å². The average molecular weight is 358 g/mol. The Hall–Kier alpha value is -2.54. The molecule has 1 aromatic carbocycles. The van der Waals surface area contributed by atoms with E-state index in [2.05, 4.69) is 0 Å². The maximum absolute atomic E-state index is 9.28. The van der Waals surface area contributed by atoms with Gasteiger partial charge in [-0.05, 0) is 56.5 Å². The summed E-state index contributed by atoms with van der Waals surface area (Å²) in [6.07, 6.45) is -0.0957. The van der Waals surface area contributed by atoms with Crippen molar-refractivity contribution in [2.75, 3.05) is 27.4 Å². The summed E-state index contributed by atoms with van der Waals surface area (Å²) in [4.78, 5) is 0. The SMILES string of the molecule is CCOC(OCC)C(Cc1cc(OC)ccc1OC)C(C)=C(C#N)C#N. The first kappa shape index (κ1) is 21.5. The molecule has 140 valence electrons. The van der Waals surface area contributed by atoms with Gasteiger partial charge in [0.05, 0.1) is 14.2 Å². The molecular formula is C20H26N2O4. The van der Waals surface area contributed by atoms with Gasteiger partial charge in [0.15, 0.2) is 6.29 Å².